The summed E-state index contributed by atoms with van der Waals surface area (Å²) in [5, 5.41) is 3.14. The van der Waals surface area contributed by atoms with E-state index in [2.05, 4.69) is 5.32 Å². The van der Waals surface area contributed by atoms with Crippen LogP contribution in [0.15, 0.2) is 30.3 Å². The average molecular weight is 427 g/mol. The van der Waals surface area contributed by atoms with Crippen molar-refractivity contribution in [2.75, 3.05) is 34.5 Å². The van der Waals surface area contributed by atoms with Crippen LogP contribution in [0.2, 0.25) is 0 Å². The van der Waals surface area contributed by atoms with Gasteiger partial charge in [-0.05, 0) is 48.2 Å². The smallest absolute Gasteiger partial charge is 0.230 e. The lowest BCUT2D eigenvalue weighted by molar-refractivity contribution is -0.126. The number of ether oxygens (including phenoxy) is 5. The van der Waals surface area contributed by atoms with Crippen molar-refractivity contribution < 1.29 is 28.5 Å². The highest BCUT2D eigenvalue weighted by atomic mass is 16.6. The fourth-order valence-corrected chi connectivity index (χ4v) is 4.56. The maximum Gasteiger partial charge on any atom is 0.230 e. The minimum absolute atomic E-state index is 0.0235. The molecule has 4 rings (SSSR count). The zero-order valence-corrected chi connectivity index (χ0v) is 18.3. The molecule has 1 amide bonds. The Morgan fingerprint density at radius 2 is 1.58 bits per heavy atom. The fourth-order valence-electron chi connectivity index (χ4n) is 4.56. The molecule has 2 aromatic carbocycles. The van der Waals surface area contributed by atoms with Crippen LogP contribution in [0.25, 0.3) is 0 Å². The van der Waals surface area contributed by atoms with Crippen molar-refractivity contribution in [3.63, 3.8) is 0 Å². The van der Waals surface area contributed by atoms with Crippen molar-refractivity contribution >= 4 is 5.91 Å². The molecule has 1 heterocycles. The molecule has 0 atom stereocenters. The SMILES string of the molecule is COc1cc(CNC(=O)C2(c3ccc4c(c3)OCCO4)CCCC2)cc(OC)c1OC. The van der Waals surface area contributed by atoms with Gasteiger partial charge in [0.25, 0.3) is 0 Å². The van der Waals surface area contributed by atoms with Crippen molar-refractivity contribution in [3.8, 4) is 28.7 Å². The first-order valence-corrected chi connectivity index (χ1v) is 10.6. The van der Waals surface area contributed by atoms with E-state index in [4.69, 9.17) is 23.7 Å². The number of rotatable bonds is 7. The Morgan fingerprint density at radius 1 is 0.935 bits per heavy atom. The highest BCUT2D eigenvalue weighted by Gasteiger charge is 2.43. The number of hydrogen-bond acceptors (Lipinski definition) is 6. The Bertz CT molecular complexity index is 926. The molecule has 2 aliphatic rings. The van der Waals surface area contributed by atoms with Gasteiger partial charge in [0.2, 0.25) is 11.7 Å². The van der Waals surface area contributed by atoms with Gasteiger partial charge in [0.05, 0.1) is 26.7 Å². The Labute approximate surface area is 182 Å². The number of fused-ring (bicyclic) bond motifs is 1. The molecule has 0 radical (unpaired) electrons. The number of carbonyl (C=O) groups is 1. The summed E-state index contributed by atoms with van der Waals surface area (Å²) in [5.74, 6) is 3.13. The molecule has 2 aromatic rings. The molecule has 31 heavy (non-hydrogen) atoms. The van der Waals surface area contributed by atoms with Crippen molar-refractivity contribution in [3.05, 3.63) is 41.5 Å². The van der Waals surface area contributed by atoms with Gasteiger partial charge in [-0.1, -0.05) is 18.9 Å². The zero-order chi connectivity index (χ0) is 21.8. The fraction of sp³-hybridized carbons (Fsp3) is 0.458. The molecule has 0 aromatic heterocycles. The molecular formula is C24H29NO6. The monoisotopic (exact) mass is 427 g/mol. The predicted octanol–water partition coefficient (Wildman–Crippen LogP) is 3.61. The van der Waals surface area contributed by atoms with Gasteiger partial charge < -0.3 is 29.0 Å². The number of carbonyl (C=O) groups excluding carboxylic acids is 1. The summed E-state index contributed by atoms with van der Waals surface area (Å²) in [6.45, 7) is 1.44. The number of amides is 1. The highest BCUT2D eigenvalue weighted by Crippen LogP contribution is 2.44. The van der Waals surface area contributed by atoms with Crippen molar-refractivity contribution in [1.29, 1.82) is 0 Å². The summed E-state index contributed by atoms with van der Waals surface area (Å²) in [6.07, 6.45) is 3.67. The Kier molecular flexibility index (Phi) is 6.11. The summed E-state index contributed by atoms with van der Waals surface area (Å²) in [7, 11) is 4.73. The second-order valence-electron chi connectivity index (χ2n) is 7.86. The molecule has 0 spiro atoms. The second kappa shape index (κ2) is 8.96. The Balaban J connectivity index is 1.56. The highest BCUT2D eigenvalue weighted by molar-refractivity contribution is 5.89. The molecule has 166 valence electrons. The zero-order valence-electron chi connectivity index (χ0n) is 18.3. The molecule has 7 heteroatoms. The lowest BCUT2D eigenvalue weighted by atomic mass is 9.77. The third-order valence-electron chi connectivity index (χ3n) is 6.16. The maximum absolute atomic E-state index is 13.5. The third kappa shape index (κ3) is 3.96. The van der Waals surface area contributed by atoms with Crippen molar-refractivity contribution in [1.82, 2.24) is 5.32 Å². The molecule has 0 bridgehead atoms. The van der Waals surface area contributed by atoms with Crippen LogP contribution < -0.4 is 29.0 Å². The first-order valence-electron chi connectivity index (χ1n) is 10.6. The largest absolute Gasteiger partial charge is 0.493 e. The Morgan fingerprint density at radius 3 is 2.19 bits per heavy atom. The van der Waals surface area contributed by atoms with E-state index in [9.17, 15) is 4.79 Å². The quantitative estimate of drug-likeness (QED) is 0.728. The van der Waals surface area contributed by atoms with Gasteiger partial charge >= 0.3 is 0 Å². The first kappa shape index (κ1) is 21.2. The summed E-state index contributed by atoms with van der Waals surface area (Å²) in [6, 6.07) is 9.59. The van der Waals surface area contributed by atoms with Crippen LogP contribution in [0.1, 0.15) is 36.8 Å². The number of hydrogen-bond donors (Lipinski definition) is 1. The van der Waals surface area contributed by atoms with Crippen LogP contribution in [0.5, 0.6) is 28.7 Å². The van der Waals surface area contributed by atoms with Crippen LogP contribution >= 0.6 is 0 Å². The van der Waals surface area contributed by atoms with Gasteiger partial charge in [-0.25, -0.2) is 0 Å². The molecule has 7 nitrogen and oxygen atoms in total. The minimum atomic E-state index is -0.559. The summed E-state index contributed by atoms with van der Waals surface area (Å²) >= 11 is 0. The first-order chi connectivity index (χ1) is 15.1. The summed E-state index contributed by atoms with van der Waals surface area (Å²) < 4.78 is 27.6. The lowest BCUT2D eigenvalue weighted by Crippen LogP contribution is -2.42. The normalized spacial score (nSPS) is 16.5. The van der Waals surface area contributed by atoms with Crippen LogP contribution in [-0.2, 0) is 16.8 Å². The molecule has 0 saturated heterocycles. The second-order valence-corrected chi connectivity index (χ2v) is 7.86. The van der Waals surface area contributed by atoms with E-state index >= 15 is 0 Å². The molecule has 1 aliphatic carbocycles. The Hall–Kier alpha value is -3.09. The molecule has 1 saturated carbocycles. The van der Waals surface area contributed by atoms with Crippen molar-refractivity contribution in [2.45, 2.75) is 37.6 Å². The van der Waals surface area contributed by atoms with Crippen LogP contribution in [0, 0.1) is 0 Å². The van der Waals surface area contributed by atoms with Gasteiger partial charge in [0, 0.05) is 6.54 Å². The van der Waals surface area contributed by atoms with E-state index in [0.29, 0.717) is 42.8 Å². The van der Waals surface area contributed by atoms with E-state index in [1.807, 2.05) is 30.3 Å². The third-order valence-corrected chi connectivity index (χ3v) is 6.16. The number of benzene rings is 2. The lowest BCUT2D eigenvalue weighted by Gasteiger charge is -2.30. The standard InChI is InChI=1S/C24H29NO6/c1-27-20-12-16(13-21(28-2)22(20)29-3)15-25-23(26)24(8-4-5-9-24)17-6-7-18-19(14-17)31-11-10-30-18/h6-7,12-14H,4-5,8-11,15H2,1-3H3,(H,25,26). The van der Waals surface area contributed by atoms with Gasteiger partial charge in [-0.15, -0.1) is 0 Å². The van der Waals surface area contributed by atoms with Gasteiger partial charge in [-0.2, -0.15) is 0 Å². The minimum Gasteiger partial charge on any atom is -0.493 e. The number of nitrogens with one attached hydrogen (secondary N) is 1. The maximum atomic E-state index is 13.5. The van der Waals surface area contributed by atoms with E-state index < -0.39 is 5.41 Å². The molecule has 1 aliphatic heterocycles. The van der Waals surface area contributed by atoms with Crippen LogP contribution in [-0.4, -0.2) is 40.5 Å². The summed E-state index contributed by atoms with van der Waals surface area (Å²) in [5.41, 5.74) is 1.30. The van der Waals surface area contributed by atoms with E-state index in [-0.39, 0.29) is 5.91 Å². The van der Waals surface area contributed by atoms with Gasteiger partial charge in [0.15, 0.2) is 23.0 Å². The average Bonchev–Trinajstić information content (AvgIpc) is 3.32. The van der Waals surface area contributed by atoms with Crippen LogP contribution in [0.3, 0.4) is 0 Å². The summed E-state index contributed by atoms with van der Waals surface area (Å²) in [4.78, 5) is 13.5. The van der Waals surface area contributed by atoms with Crippen LogP contribution in [0.4, 0.5) is 0 Å². The van der Waals surface area contributed by atoms with Crippen molar-refractivity contribution in [2.24, 2.45) is 0 Å². The van der Waals surface area contributed by atoms with E-state index in [1.165, 1.54) is 0 Å². The number of methoxy groups -OCH3 is 3. The molecule has 1 fully saturated rings. The topological polar surface area (TPSA) is 75.3 Å². The van der Waals surface area contributed by atoms with Gasteiger partial charge in [-0.3, -0.25) is 4.79 Å². The predicted molar refractivity (Wildman–Crippen MR) is 116 cm³/mol. The van der Waals surface area contributed by atoms with Gasteiger partial charge in [0.1, 0.15) is 13.2 Å². The van der Waals surface area contributed by atoms with E-state index in [0.717, 1.165) is 42.6 Å². The molecular weight excluding hydrogens is 398 g/mol. The molecule has 1 N–H and O–H groups in total. The molecule has 0 unspecified atom stereocenters. The van der Waals surface area contributed by atoms with E-state index in [1.54, 1.807) is 21.3 Å².